The third-order valence-corrected chi connectivity index (χ3v) is 3.10. The van der Waals surface area contributed by atoms with E-state index in [2.05, 4.69) is 20.2 Å². The molecule has 1 atom stereocenters. The summed E-state index contributed by atoms with van der Waals surface area (Å²) in [5, 5.41) is 22.7. The number of alkyl carbamates (subject to hydrolysis) is 1. The number of esters is 1. The van der Waals surface area contributed by atoms with E-state index in [1.807, 2.05) is 0 Å². The normalized spacial score (nSPS) is 11.1. The van der Waals surface area contributed by atoms with Gasteiger partial charge in [0.25, 0.3) is 17.7 Å². The van der Waals surface area contributed by atoms with E-state index in [4.69, 9.17) is 9.84 Å². The largest absolute Gasteiger partial charge is 0.464 e. The summed E-state index contributed by atoms with van der Waals surface area (Å²) in [4.78, 5) is 49.3. The van der Waals surface area contributed by atoms with Crippen LogP contribution in [0.5, 0.6) is 0 Å². The molecule has 0 aliphatic rings. The van der Waals surface area contributed by atoms with Gasteiger partial charge in [-0.1, -0.05) is 0 Å². The number of ether oxygens (including phenoxy) is 2. The SMILES string of the molecule is CCOC(=O)[C@H](CO)NC(=O)OC[n+]1cccc(C(=O)NCCO[N+](=O)[O-])c1. The van der Waals surface area contributed by atoms with Crippen molar-refractivity contribution >= 4 is 18.0 Å². The number of pyridine rings is 1. The lowest BCUT2D eigenvalue weighted by Gasteiger charge is -2.13. The van der Waals surface area contributed by atoms with Gasteiger partial charge in [0.15, 0.2) is 18.4 Å². The summed E-state index contributed by atoms with van der Waals surface area (Å²) < 4.78 is 11.0. The van der Waals surface area contributed by atoms with E-state index < -0.39 is 35.7 Å². The number of amides is 2. The van der Waals surface area contributed by atoms with Crippen LogP contribution in [0.3, 0.4) is 0 Å². The molecule has 1 aromatic heterocycles. The van der Waals surface area contributed by atoms with Gasteiger partial charge >= 0.3 is 12.1 Å². The van der Waals surface area contributed by atoms with Gasteiger partial charge in [0, 0.05) is 12.6 Å². The van der Waals surface area contributed by atoms with Crippen molar-refractivity contribution in [2.75, 3.05) is 26.4 Å². The zero-order chi connectivity index (χ0) is 20.9. The van der Waals surface area contributed by atoms with Crippen LogP contribution in [0.2, 0.25) is 0 Å². The molecular weight excluding hydrogens is 380 g/mol. The van der Waals surface area contributed by atoms with Crippen molar-refractivity contribution in [3.63, 3.8) is 0 Å². The van der Waals surface area contributed by atoms with Crippen LogP contribution < -0.4 is 15.2 Å². The Morgan fingerprint density at radius 3 is 2.75 bits per heavy atom. The molecule has 1 rings (SSSR count). The van der Waals surface area contributed by atoms with E-state index >= 15 is 0 Å². The van der Waals surface area contributed by atoms with E-state index in [0.29, 0.717) is 0 Å². The molecule has 154 valence electrons. The molecule has 13 nitrogen and oxygen atoms in total. The number of hydrogen-bond donors (Lipinski definition) is 3. The second-order valence-electron chi connectivity index (χ2n) is 5.11. The molecule has 0 unspecified atom stereocenters. The molecule has 0 aromatic carbocycles. The van der Waals surface area contributed by atoms with Crippen LogP contribution in [0.25, 0.3) is 0 Å². The highest BCUT2D eigenvalue weighted by atomic mass is 16.9. The van der Waals surface area contributed by atoms with Crippen molar-refractivity contribution in [2.45, 2.75) is 19.7 Å². The number of hydrogen-bond acceptors (Lipinski definition) is 9. The zero-order valence-electron chi connectivity index (χ0n) is 15.0. The molecule has 0 fully saturated rings. The molecule has 0 aliphatic heterocycles. The lowest BCUT2D eigenvalue weighted by atomic mass is 10.2. The topological polar surface area (TPSA) is 170 Å². The summed E-state index contributed by atoms with van der Waals surface area (Å²) in [6.45, 7) is 0.384. The van der Waals surface area contributed by atoms with Crippen LogP contribution in [0.15, 0.2) is 24.5 Å². The standard InChI is InChI=1S/C15H20N4O9/c1-2-26-14(22)12(9-20)17-15(23)27-10-18-6-3-4-11(8-18)13(21)16-5-7-28-19(24)25/h3-4,6,8,12,20H,2,5,7,9-10H2,1H3,(H-,16,17,21,23)/p+1/t12-/m0/s1. The van der Waals surface area contributed by atoms with E-state index in [1.54, 1.807) is 6.92 Å². The highest BCUT2D eigenvalue weighted by Gasteiger charge is 2.22. The molecule has 1 aromatic rings. The molecule has 2 amide bonds. The Kier molecular flexibility index (Phi) is 9.67. The van der Waals surface area contributed by atoms with Gasteiger partial charge in [-0.25, -0.2) is 9.59 Å². The molecule has 0 saturated heterocycles. The first-order valence-electron chi connectivity index (χ1n) is 8.12. The number of nitrogens with one attached hydrogen (secondary N) is 2. The van der Waals surface area contributed by atoms with E-state index in [1.165, 1.54) is 29.1 Å². The second kappa shape index (κ2) is 12.0. The first-order chi connectivity index (χ1) is 13.4. The van der Waals surface area contributed by atoms with Crippen molar-refractivity contribution in [1.29, 1.82) is 0 Å². The number of aliphatic hydroxyl groups is 1. The highest BCUT2D eigenvalue weighted by Crippen LogP contribution is 1.95. The van der Waals surface area contributed by atoms with Gasteiger partial charge in [-0.3, -0.25) is 4.79 Å². The number of carbonyl (C=O) groups excluding carboxylic acids is 3. The Hall–Kier alpha value is -3.48. The van der Waals surface area contributed by atoms with Crippen LogP contribution in [0.4, 0.5) is 4.79 Å². The minimum absolute atomic E-state index is 0.0655. The molecule has 1 heterocycles. The number of aliphatic hydroxyl groups excluding tert-OH is 1. The van der Waals surface area contributed by atoms with Gasteiger partial charge in [0.1, 0.15) is 12.2 Å². The summed E-state index contributed by atoms with van der Waals surface area (Å²) in [7, 11) is 0. The third-order valence-electron chi connectivity index (χ3n) is 3.10. The molecule has 0 radical (unpaired) electrons. The van der Waals surface area contributed by atoms with Crippen LogP contribution >= 0.6 is 0 Å². The Morgan fingerprint density at radius 1 is 1.36 bits per heavy atom. The van der Waals surface area contributed by atoms with Crippen LogP contribution in [0.1, 0.15) is 17.3 Å². The van der Waals surface area contributed by atoms with Crippen LogP contribution in [-0.4, -0.2) is 60.6 Å². The van der Waals surface area contributed by atoms with E-state index in [-0.39, 0.29) is 32.1 Å². The van der Waals surface area contributed by atoms with Crippen LogP contribution in [0, 0.1) is 10.1 Å². The fraction of sp³-hybridized carbons (Fsp3) is 0.467. The van der Waals surface area contributed by atoms with Crippen molar-refractivity contribution in [1.82, 2.24) is 10.6 Å². The molecule has 3 N–H and O–H groups in total. The molecule has 0 aliphatic carbocycles. The van der Waals surface area contributed by atoms with Crippen molar-refractivity contribution in [2.24, 2.45) is 0 Å². The minimum Gasteiger partial charge on any atom is -0.464 e. The van der Waals surface area contributed by atoms with Gasteiger partial charge in [-0.15, -0.1) is 10.1 Å². The summed E-state index contributed by atoms with van der Waals surface area (Å²) in [5.41, 5.74) is 0.215. The molecule has 0 saturated carbocycles. The predicted octanol–water partition coefficient (Wildman–Crippen LogP) is -1.48. The van der Waals surface area contributed by atoms with Crippen molar-refractivity contribution in [3.8, 4) is 0 Å². The Morgan fingerprint density at radius 2 is 2.11 bits per heavy atom. The fourth-order valence-corrected chi connectivity index (χ4v) is 1.86. The zero-order valence-corrected chi connectivity index (χ0v) is 15.0. The smallest absolute Gasteiger partial charge is 0.412 e. The Balaban J connectivity index is 2.51. The maximum atomic E-state index is 12.0. The van der Waals surface area contributed by atoms with E-state index in [9.17, 15) is 24.5 Å². The Bertz CT molecular complexity index is 698. The quantitative estimate of drug-likeness (QED) is 0.131. The molecule has 28 heavy (non-hydrogen) atoms. The monoisotopic (exact) mass is 401 g/mol. The van der Waals surface area contributed by atoms with Gasteiger partial charge in [0.05, 0.1) is 13.2 Å². The molecule has 0 spiro atoms. The van der Waals surface area contributed by atoms with Gasteiger partial charge in [0.2, 0.25) is 0 Å². The van der Waals surface area contributed by atoms with Crippen LogP contribution in [-0.2, 0) is 25.8 Å². The molecule has 13 heteroatoms. The number of rotatable bonds is 11. The van der Waals surface area contributed by atoms with Gasteiger partial charge in [-0.05, 0) is 13.0 Å². The molecular formula is C15H21N4O9+. The summed E-state index contributed by atoms with van der Waals surface area (Å²) in [6.07, 6.45) is 1.94. The fourth-order valence-electron chi connectivity index (χ4n) is 1.86. The number of nitrogens with zero attached hydrogens (tertiary/aromatic N) is 2. The van der Waals surface area contributed by atoms with Gasteiger partial charge in [-0.2, -0.15) is 4.57 Å². The van der Waals surface area contributed by atoms with E-state index in [0.717, 1.165) is 0 Å². The highest BCUT2D eigenvalue weighted by molar-refractivity contribution is 5.93. The maximum Gasteiger partial charge on any atom is 0.412 e. The first-order valence-corrected chi connectivity index (χ1v) is 8.12. The maximum absolute atomic E-state index is 12.0. The molecule has 0 bridgehead atoms. The average molecular weight is 401 g/mol. The number of carbonyl (C=O) groups is 3. The summed E-state index contributed by atoms with van der Waals surface area (Å²) >= 11 is 0. The minimum atomic E-state index is -1.25. The lowest BCUT2D eigenvalue weighted by Crippen LogP contribution is -2.46. The lowest BCUT2D eigenvalue weighted by molar-refractivity contribution is -0.757. The summed E-state index contributed by atoms with van der Waals surface area (Å²) in [6, 6.07) is 1.76. The average Bonchev–Trinajstić information content (AvgIpc) is 2.67. The second-order valence-corrected chi connectivity index (χ2v) is 5.11. The first kappa shape index (κ1) is 22.6. The summed E-state index contributed by atoms with van der Waals surface area (Å²) in [5.74, 6) is -1.30. The van der Waals surface area contributed by atoms with Crippen molar-refractivity contribution in [3.05, 3.63) is 40.2 Å². The number of aromatic nitrogens is 1. The van der Waals surface area contributed by atoms with Gasteiger partial charge < -0.3 is 30.1 Å². The third kappa shape index (κ3) is 8.27. The Labute approximate surface area is 159 Å². The predicted molar refractivity (Wildman–Crippen MR) is 89.0 cm³/mol. The van der Waals surface area contributed by atoms with Crippen molar-refractivity contribution < 1.29 is 43.5 Å².